The summed E-state index contributed by atoms with van der Waals surface area (Å²) in [7, 11) is 0. The Kier molecular flexibility index (Phi) is 3.42. The van der Waals surface area contributed by atoms with Crippen LogP contribution in [-0.4, -0.2) is 43.2 Å². The first-order chi connectivity index (χ1) is 6.78. The molecule has 1 aliphatic carbocycles. The molecule has 0 amide bonds. The highest BCUT2D eigenvalue weighted by Gasteiger charge is 2.29. The molecule has 1 aliphatic heterocycles. The van der Waals surface area contributed by atoms with Gasteiger partial charge in [-0.3, -0.25) is 0 Å². The summed E-state index contributed by atoms with van der Waals surface area (Å²) >= 11 is 0. The molecular formula is C11H23N3. The Morgan fingerprint density at radius 3 is 2.71 bits per heavy atom. The molecule has 2 aliphatic rings. The Balaban J connectivity index is 1.78. The van der Waals surface area contributed by atoms with E-state index in [1.807, 2.05) is 0 Å². The predicted octanol–water partition coefficient (Wildman–Crippen LogP) is 0.408. The Morgan fingerprint density at radius 1 is 1.29 bits per heavy atom. The first-order valence-corrected chi connectivity index (χ1v) is 5.96. The van der Waals surface area contributed by atoms with Crippen molar-refractivity contribution in [2.75, 3.05) is 26.2 Å². The molecule has 2 unspecified atom stereocenters. The summed E-state index contributed by atoms with van der Waals surface area (Å²) in [5.41, 5.74) is 5.60. The Labute approximate surface area is 87.0 Å². The number of hydrogen-bond donors (Lipinski definition) is 2. The van der Waals surface area contributed by atoms with Crippen LogP contribution in [0.1, 0.15) is 26.2 Å². The van der Waals surface area contributed by atoms with E-state index in [1.165, 1.54) is 32.4 Å². The van der Waals surface area contributed by atoms with E-state index in [4.69, 9.17) is 5.73 Å². The summed E-state index contributed by atoms with van der Waals surface area (Å²) in [6.07, 6.45) is 4.13. The quantitative estimate of drug-likeness (QED) is 0.686. The van der Waals surface area contributed by atoms with Crippen LogP contribution >= 0.6 is 0 Å². The number of hydrogen-bond acceptors (Lipinski definition) is 3. The lowest BCUT2D eigenvalue weighted by Gasteiger charge is -2.36. The maximum absolute atomic E-state index is 5.60. The van der Waals surface area contributed by atoms with Crippen LogP contribution in [0.25, 0.3) is 0 Å². The number of likely N-dealkylation sites (tertiary alicyclic amines) is 1. The standard InChI is InChI=1S/C11H23N3/c1-9-6-11(13-10-2-3-10)8-14(7-9)5-4-12/h9-11,13H,2-8,12H2,1H3. The van der Waals surface area contributed by atoms with Gasteiger partial charge in [0.1, 0.15) is 0 Å². The van der Waals surface area contributed by atoms with Gasteiger partial charge in [-0.2, -0.15) is 0 Å². The fraction of sp³-hybridized carbons (Fsp3) is 1.00. The van der Waals surface area contributed by atoms with Crippen molar-refractivity contribution in [2.45, 2.75) is 38.3 Å². The topological polar surface area (TPSA) is 41.3 Å². The van der Waals surface area contributed by atoms with E-state index in [0.717, 1.165) is 31.1 Å². The third-order valence-electron chi connectivity index (χ3n) is 3.23. The lowest BCUT2D eigenvalue weighted by atomic mass is 9.96. The lowest BCUT2D eigenvalue weighted by molar-refractivity contribution is 0.152. The second kappa shape index (κ2) is 4.60. The van der Waals surface area contributed by atoms with Crippen molar-refractivity contribution >= 4 is 0 Å². The minimum atomic E-state index is 0.720. The molecule has 0 aromatic rings. The second-order valence-electron chi connectivity index (χ2n) is 5.03. The smallest absolute Gasteiger partial charge is 0.0200 e. The van der Waals surface area contributed by atoms with E-state index >= 15 is 0 Å². The van der Waals surface area contributed by atoms with E-state index in [2.05, 4.69) is 17.1 Å². The molecule has 2 rings (SSSR count). The zero-order chi connectivity index (χ0) is 9.97. The molecular weight excluding hydrogens is 174 g/mol. The molecule has 0 bridgehead atoms. The van der Waals surface area contributed by atoms with Crippen LogP contribution in [-0.2, 0) is 0 Å². The van der Waals surface area contributed by atoms with Gasteiger partial charge in [-0.25, -0.2) is 0 Å². The molecule has 1 saturated carbocycles. The van der Waals surface area contributed by atoms with Crippen molar-refractivity contribution in [3.8, 4) is 0 Å². The highest BCUT2D eigenvalue weighted by molar-refractivity contribution is 4.89. The minimum absolute atomic E-state index is 0.720. The van der Waals surface area contributed by atoms with Crippen LogP contribution < -0.4 is 11.1 Å². The zero-order valence-corrected chi connectivity index (χ0v) is 9.21. The molecule has 3 N–H and O–H groups in total. The summed E-state index contributed by atoms with van der Waals surface area (Å²) in [5.74, 6) is 0.826. The largest absolute Gasteiger partial charge is 0.329 e. The molecule has 3 nitrogen and oxygen atoms in total. The van der Waals surface area contributed by atoms with E-state index < -0.39 is 0 Å². The second-order valence-corrected chi connectivity index (χ2v) is 5.03. The number of nitrogens with one attached hydrogen (secondary N) is 1. The van der Waals surface area contributed by atoms with Crippen molar-refractivity contribution in [2.24, 2.45) is 11.7 Å². The molecule has 2 fully saturated rings. The van der Waals surface area contributed by atoms with Crippen LogP contribution in [0, 0.1) is 5.92 Å². The van der Waals surface area contributed by atoms with Gasteiger partial charge >= 0.3 is 0 Å². The van der Waals surface area contributed by atoms with Crippen LogP contribution in [0.3, 0.4) is 0 Å². The van der Waals surface area contributed by atoms with Gasteiger partial charge in [-0.1, -0.05) is 6.92 Å². The first-order valence-electron chi connectivity index (χ1n) is 5.96. The van der Waals surface area contributed by atoms with E-state index in [9.17, 15) is 0 Å². The molecule has 3 heteroatoms. The van der Waals surface area contributed by atoms with Gasteiger partial charge in [0.15, 0.2) is 0 Å². The zero-order valence-electron chi connectivity index (χ0n) is 9.21. The molecule has 2 atom stereocenters. The van der Waals surface area contributed by atoms with Crippen molar-refractivity contribution in [3.63, 3.8) is 0 Å². The van der Waals surface area contributed by atoms with Gasteiger partial charge in [-0.05, 0) is 25.2 Å². The molecule has 0 aromatic heterocycles. The average Bonchev–Trinajstić information content (AvgIpc) is 2.87. The highest BCUT2D eigenvalue weighted by atomic mass is 15.2. The van der Waals surface area contributed by atoms with Gasteiger partial charge in [0.05, 0.1) is 0 Å². The van der Waals surface area contributed by atoms with Crippen molar-refractivity contribution in [1.82, 2.24) is 10.2 Å². The summed E-state index contributed by atoms with van der Waals surface area (Å²) in [4.78, 5) is 2.51. The van der Waals surface area contributed by atoms with Crippen LogP contribution in [0.2, 0.25) is 0 Å². The summed E-state index contributed by atoms with van der Waals surface area (Å²) < 4.78 is 0. The van der Waals surface area contributed by atoms with Gasteiger partial charge < -0.3 is 16.0 Å². The number of piperidine rings is 1. The SMILES string of the molecule is CC1CC(NC2CC2)CN(CCN)C1. The minimum Gasteiger partial charge on any atom is -0.329 e. The van der Waals surface area contributed by atoms with Crippen LogP contribution in [0.5, 0.6) is 0 Å². The van der Waals surface area contributed by atoms with Crippen LogP contribution in [0.4, 0.5) is 0 Å². The van der Waals surface area contributed by atoms with E-state index in [0.29, 0.717) is 0 Å². The third kappa shape index (κ3) is 2.94. The molecule has 0 aromatic carbocycles. The van der Waals surface area contributed by atoms with Crippen molar-refractivity contribution < 1.29 is 0 Å². The Bertz CT molecular complexity index is 177. The number of nitrogens with zero attached hydrogens (tertiary/aromatic N) is 1. The maximum Gasteiger partial charge on any atom is 0.0200 e. The maximum atomic E-state index is 5.60. The summed E-state index contributed by atoms with van der Waals surface area (Å²) in [6.45, 7) is 6.65. The Hall–Kier alpha value is -0.120. The lowest BCUT2D eigenvalue weighted by Crippen LogP contribution is -2.50. The van der Waals surface area contributed by atoms with Crippen molar-refractivity contribution in [3.05, 3.63) is 0 Å². The third-order valence-corrected chi connectivity index (χ3v) is 3.23. The van der Waals surface area contributed by atoms with Crippen LogP contribution in [0.15, 0.2) is 0 Å². The van der Waals surface area contributed by atoms with Gasteiger partial charge in [-0.15, -0.1) is 0 Å². The molecule has 82 valence electrons. The average molecular weight is 197 g/mol. The molecule has 0 radical (unpaired) electrons. The Morgan fingerprint density at radius 2 is 2.07 bits per heavy atom. The molecule has 1 heterocycles. The predicted molar refractivity (Wildman–Crippen MR) is 59.2 cm³/mol. The molecule has 1 saturated heterocycles. The van der Waals surface area contributed by atoms with E-state index in [-0.39, 0.29) is 0 Å². The number of rotatable bonds is 4. The summed E-state index contributed by atoms with van der Waals surface area (Å²) in [6, 6.07) is 1.56. The molecule has 0 spiro atoms. The molecule has 14 heavy (non-hydrogen) atoms. The van der Waals surface area contributed by atoms with Crippen molar-refractivity contribution in [1.29, 1.82) is 0 Å². The van der Waals surface area contributed by atoms with Gasteiger partial charge in [0.2, 0.25) is 0 Å². The number of nitrogens with two attached hydrogens (primary N) is 1. The monoisotopic (exact) mass is 197 g/mol. The fourth-order valence-corrected chi connectivity index (χ4v) is 2.53. The normalized spacial score (nSPS) is 34.7. The van der Waals surface area contributed by atoms with Gasteiger partial charge in [0, 0.05) is 38.3 Å². The summed E-state index contributed by atoms with van der Waals surface area (Å²) in [5, 5.41) is 3.73. The van der Waals surface area contributed by atoms with Gasteiger partial charge in [0.25, 0.3) is 0 Å². The highest BCUT2D eigenvalue weighted by Crippen LogP contribution is 2.23. The van der Waals surface area contributed by atoms with E-state index in [1.54, 1.807) is 0 Å². The first kappa shape index (κ1) is 10.4. The fourth-order valence-electron chi connectivity index (χ4n) is 2.53.